The molecule has 1 amide bonds. The molecule has 0 radical (unpaired) electrons. The second-order valence-electron chi connectivity index (χ2n) is 7.43. The highest BCUT2D eigenvalue weighted by atomic mass is 19.1. The molecule has 0 aliphatic carbocycles. The van der Waals surface area contributed by atoms with Crippen molar-refractivity contribution < 1.29 is 19.1 Å². The number of carbonyl (C=O) groups excluding carboxylic acids is 2. The number of halogens is 1. The number of aromatic hydroxyl groups is 1. The predicted octanol–water partition coefficient (Wildman–Crippen LogP) is 3.16. The number of aromatic nitrogens is 3. The van der Waals surface area contributed by atoms with E-state index in [-0.39, 0.29) is 23.0 Å². The van der Waals surface area contributed by atoms with Gasteiger partial charge in [-0.15, -0.1) is 0 Å². The zero-order valence-corrected chi connectivity index (χ0v) is 16.5. The summed E-state index contributed by atoms with van der Waals surface area (Å²) in [4.78, 5) is 29.9. The number of phenolic OH excluding ortho intramolecular Hbond substituents is 1. The third-order valence-electron chi connectivity index (χ3n) is 5.48. The van der Waals surface area contributed by atoms with Gasteiger partial charge in [0.15, 0.2) is 17.9 Å². The second kappa shape index (κ2) is 8.06. The minimum Gasteiger partial charge on any atom is -0.504 e. The maximum atomic E-state index is 13.8. The molecule has 1 fully saturated rings. The Bertz CT molecular complexity index is 1090. The van der Waals surface area contributed by atoms with E-state index in [4.69, 9.17) is 0 Å². The van der Waals surface area contributed by atoms with Crippen LogP contribution in [0.25, 0.3) is 11.4 Å². The van der Waals surface area contributed by atoms with Gasteiger partial charge in [0.2, 0.25) is 0 Å². The van der Waals surface area contributed by atoms with Gasteiger partial charge in [0, 0.05) is 38.1 Å². The van der Waals surface area contributed by atoms with E-state index in [2.05, 4.69) is 10.1 Å². The van der Waals surface area contributed by atoms with Gasteiger partial charge in [0.05, 0.1) is 11.3 Å². The molecule has 3 aromatic rings. The third-order valence-corrected chi connectivity index (χ3v) is 5.48. The van der Waals surface area contributed by atoms with Gasteiger partial charge in [0.25, 0.3) is 5.91 Å². The number of carbonyl (C=O) groups is 2. The lowest BCUT2D eigenvalue weighted by atomic mass is 9.90. The lowest BCUT2D eigenvalue weighted by Gasteiger charge is -2.32. The molecule has 1 aliphatic rings. The molecule has 154 valence electrons. The van der Waals surface area contributed by atoms with Crippen molar-refractivity contribution in [1.82, 2.24) is 19.7 Å². The quantitative estimate of drug-likeness (QED) is 0.670. The van der Waals surface area contributed by atoms with E-state index >= 15 is 0 Å². The molecular formula is C22H21FN4O3. The molecule has 0 saturated carbocycles. The van der Waals surface area contributed by atoms with Crippen molar-refractivity contribution in [2.75, 3.05) is 13.1 Å². The fraction of sp³-hybridized carbons (Fsp3) is 0.273. The number of benzene rings is 1. The van der Waals surface area contributed by atoms with Crippen molar-refractivity contribution in [2.24, 2.45) is 7.05 Å². The molecule has 2 aromatic heterocycles. The van der Waals surface area contributed by atoms with Gasteiger partial charge in [-0.1, -0.05) is 6.07 Å². The monoisotopic (exact) mass is 408 g/mol. The Hall–Kier alpha value is -3.55. The molecule has 1 aromatic carbocycles. The maximum absolute atomic E-state index is 13.8. The van der Waals surface area contributed by atoms with Gasteiger partial charge < -0.3 is 10.0 Å². The number of aryl methyl sites for hydroxylation is 1. The Morgan fingerprint density at radius 3 is 2.57 bits per heavy atom. The fourth-order valence-corrected chi connectivity index (χ4v) is 3.78. The average molecular weight is 408 g/mol. The smallest absolute Gasteiger partial charge is 0.253 e. The van der Waals surface area contributed by atoms with Crippen LogP contribution < -0.4 is 0 Å². The van der Waals surface area contributed by atoms with Crippen LogP contribution >= 0.6 is 0 Å². The van der Waals surface area contributed by atoms with Crippen LogP contribution in [0.1, 0.15) is 45.0 Å². The topological polar surface area (TPSA) is 88.3 Å². The number of nitrogens with zero attached hydrogens (tertiary/aromatic N) is 4. The molecule has 1 saturated heterocycles. The van der Waals surface area contributed by atoms with Crippen molar-refractivity contribution >= 4 is 12.2 Å². The fourth-order valence-electron chi connectivity index (χ4n) is 3.78. The Labute approximate surface area is 172 Å². The number of pyridine rings is 1. The summed E-state index contributed by atoms with van der Waals surface area (Å²) in [5, 5.41) is 13.9. The SMILES string of the molecule is Cn1ccc(-c2ccc(C3CCN(C(=O)c4cc(F)c(O)c(C=O)c4)CC3)cn2)n1. The van der Waals surface area contributed by atoms with Gasteiger partial charge in [-0.25, -0.2) is 4.39 Å². The molecule has 30 heavy (non-hydrogen) atoms. The van der Waals surface area contributed by atoms with Crippen molar-refractivity contribution in [3.63, 3.8) is 0 Å². The lowest BCUT2D eigenvalue weighted by molar-refractivity contribution is 0.0712. The molecule has 1 aliphatic heterocycles. The van der Waals surface area contributed by atoms with E-state index < -0.39 is 11.6 Å². The van der Waals surface area contributed by atoms with E-state index in [0.717, 1.165) is 35.9 Å². The van der Waals surface area contributed by atoms with Crippen molar-refractivity contribution in [2.45, 2.75) is 18.8 Å². The van der Waals surface area contributed by atoms with Crippen LogP contribution in [0.3, 0.4) is 0 Å². The van der Waals surface area contributed by atoms with Gasteiger partial charge in [0.1, 0.15) is 5.69 Å². The standard InChI is InChI=1S/C22H21FN4O3/c1-26-7-6-20(25-26)19-3-2-15(12-24-19)14-4-8-27(9-5-14)22(30)16-10-17(13-28)21(29)18(23)11-16/h2-3,6-7,10-14,29H,4-5,8-9H2,1H3. The number of phenols is 1. The number of hydrogen-bond acceptors (Lipinski definition) is 5. The van der Waals surface area contributed by atoms with E-state index in [1.54, 1.807) is 9.58 Å². The minimum absolute atomic E-state index is 0.0623. The molecule has 3 heterocycles. The van der Waals surface area contributed by atoms with Crippen LogP contribution in [0.2, 0.25) is 0 Å². The van der Waals surface area contributed by atoms with Gasteiger partial charge in [-0.2, -0.15) is 5.10 Å². The summed E-state index contributed by atoms with van der Waals surface area (Å²) in [6.07, 6.45) is 5.59. The molecule has 1 N–H and O–H groups in total. The molecule has 4 rings (SSSR count). The first-order valence-electron chi connectivity index (χ1n) is 9.69. The number of aldehydes is 1. The largest absolute Gasteiger partial charge is 0.504 e. The Morgan fingerprint density at radius 1 is 1.20 bits per heavy atom. The number of piperidine rings is 1. The minimum atomic E-state index is -0.975. The summed E-state index contributed by atoms with van der Waals surface area (Å²) in [6.45, 7) is 1.04. The molecule has 8 heteroatoms. The summed E-state index contributed by atoms with van der Waals surface area (Å²) in [7, 11) is 1.86. The third kappa shape index (κ3) is 3.80. The molecule has 0 spiro atoms. The Morgan fingerprint density at radius 2 is 1.97 bits per heavy atom. The summed E-state index contributed by atoms with van der Waals surface area (Å²) in [5.41, 5.74) is 2.58. The summed E-state index contributed by atoms with van der Waals surface area (Å²) in [6, 6.07) is 8.10. The highest BCUT2D eigenvalue weighted by Crippen LogP contribution is 2.30. The molecule has 0 unspecified atom stereocenters. The first-order valence-corrected chi connectivity index (χ1v) is 9.69. The lowest BCUT2D eigenvalue weighted by Crippen LogP contribution is -2.38. The molecular weight excluding hydrogens is 387 g/mol. The van der Waals surface area contributed by atoms with E-state index in [9.17, 15) is 19.1 Å². The van der Waals surface area contributed by atoms with Gasteiger partial charge in [-0.05, 0) is 48.6 Å². The molecule has 7 nitrogen and oxygen atoms in total. The summed E-state index contributed by atoms with van der Waals surface area (Å²) >= 11 is 0. The number of hydrogen-bond donors (Lipinski definition) is 1. The maximum Gasteiger partial charge on any atom is 0.253 e. The predicted molar refractivity (Wildman–Crippen MR) is 108 cm³/mol. The molecule has 0 atom stereocenters. The number of rotatable bonds is 4. The van der Waals surface area contributed by atoms with Crippen LogP contribution in [0.4, 0.5) is 4.39 Å². The second-order valence-corrected chi connectivity index (χ2v) is 7.43. The highest BCUT2D eigenvalue weighted by molar-refractivity contribution is 5.96. The van der Waals surface area contributed by atoms with Crippen molar-refractivity contribution in [1.29, 1.82) is 0 Å². The van der Waals surface area contributed by atoms with Crippen LogP contribution in [-0.2, 0) is 7.05 Å². The first kappa shape index (κ1) is 19.8. The zero-order valence-electron chi connectivity index (χ0n) is 16.5. The van der Waals surface area contributed by atoms with Crippen molar-refractivity contribution in [3.8, 4) is 17.1 Å². The molecule has 0 bridgehead atoms. The van der Waals surface area contributed by atoms with Crippen LogP contribution in [-0.4, -0.2) is 50.1 Å². The van der Waals surface area contributed by atoms with Gasteiger partial charge >= 0.3 is 0 Å². The summed E-state index contributed by atoms with van der Waals surface area (Å²) in [5.74, 6) is -1.78. The first-order chi connectivity index (χ1) is 14.5. The number of likely N-dealkylation sites (tertiary alicyclic amines) is 1. The number of amides is 1. The Kier molecular flexibility index (Phi) is 5.31. The normalized spacial score (nSPS) is 14.7. The summed E-state index contributed by atoms with van der Waals surface area (Å²) < 4.78 is 15.5. The highest BCUT2D eigenvalue weighted by Gasteiger charge is 2.26. The van der Waals surface area contributed by atoms with Crippen LogP contribution in [0.5, 0.6) is 5.75 Å². The Balaban J connectivity index is 1.42. The average Bonchev–Trinajstić information content (AvgIpc) is 3.21. The van der Waals surface area contributed by atoms with E-state index in [0.29, 0.717) is 19.4 Å². The zero-order chi connectivity index (χ0) is 21.3. The van der Waals surface area contributed by atoms with E-state index in [1.807, 2.05) is 37.6 Å². The van der Waals surface area contributed by atoms with Crippen LogP contribution in [0, 0.1) is 5.82 Å². The van der Waals surface area contributed by atoms with E-state index in [1.165, 1.54) is 6.07 Å². The van der Waals surface area contributed by atoms with Gasteiger partial charge in [-0.3, -0.25) is 19.3 Å². The van der Waals surface area contributed by atoms with Crippen LogP contribution in [0.15, 0.2) is 42.7 Å². The van der Waals surface area contributed by atoms with Crippen molar-refractivity contribution in [3.05, 3.63) is 65.2 Å².